The number of fused-ring (bicyclic) bond motifs is 1. The molecule has 1 amide bonds. The predicted molar refractivity (Wildman–Crippen MR) is 101 cm³/mol. The van der Waals surface area contributed by atoms with Crippen molar-refractivity contribution in [1.29, 1.82) is 0 Å². The molecule has 5 nitrogen and oxygen atoms in total. The van der Waals surface area contributed by atoms with Crippen molar-refractivity contribution in [2.75, 3.05) is 0 Å². The smallest absolute Gasteiger partial charge is 0.253 e. The van der Waals surface area contributed by atoms with Crippen molar-refractivity contribution in [1.82, 2.24) is 19.7 Å². The van der Waals surface area contributed by atoms with Crippen molar-refractivity contribution >= 4 is 11.6 Å². The summed E-state index contributed by atoms with van der Waals surface area (Å²) in [5.74, 6) is -0.127. The molecule has 0 fully saturated rings. The first-order chi connectivity index (χ1) is 12.7. The number of hydrogen-bond donors (Lipinski definition) is 1. The Bertz CT molecular complexity index is 1040. The van der Waals surface area contributed by atoms with Gasteiger partial charge in [-0.2, -0.15) is 0 Å². The van der Waals surface area contributed by atoms with Gasteiger partial charge in [-0.1, -0.05) is 36.4 Å². The molecule has 0 saturated carbocycles. The van der Waals surface area contributed by atoms with Gasteiger partial charge in [0, 0.05) is 30.4 Å². The number of carbonyl (C=O) groups is 1. The second-order valence-electron chi connectivity index (χ2n) is 6.16. The molecule has 1 unspecified atom stereocenters. The molecule has 0 radical (unpaired) electrons. The van der Waals surface area contributed by atoms with E-state index in [0.717, 1.165) is 22.5 Å². The normalized spacial score (nSPS) is 12.0. The Kier molecular flexibility index (Phi) is 4.19. The quantitative estimate of drug-likeness (QED) is 0.612. The lowest BCUT2D eigenvalue weighted by Gasteiger charge is -2.13. The van der Waals surface area contributed by atoms with Crippen LogP contribution < -0.4 is 5.32 Å². The van der Waals surface area contributed by atoms with Crippen LogP contribution in [0.3, 0.4) is 0 Å². The van der Waals surface area contributed by atoms with Crippen molar-refractivity contribution in [3.05, 3.63) is 90.5 Å². The van der Waals surface area contributed by atoms with Crippen LogP contribution in [0.2, 0.25) is 0 Å². The highest BCUT2D eigenvalue weighted by Gasteiger charge is 2.13. The van der Waals surface area contributed by atoms with Gasteiger partial charge in [-0.05, 0) is 30.7 Å². The molecule has 4 aromatic rings. The van der Waals surface area contributed by atoms with E-state index in [0.29, 0.717) is 5.56 Å². The molecule has 1 N–H and O–H groups in total. The van der Waals surface area contributed by atoms with Crippen LogP contribution in [0, 0.1) is 0 Å². The van der Waals surface area contributed by atoms with E-state index in [-0.39, 0.29) is 11.9 Å². The highest BCUT2D eigenvalue weighted by molar-refractivity contribution is 5.94. The number of benzene rings is 1. The van der Waals surface area contributed by atoms with Crippen LogP contribution in [0.1, 0.15) is 28.9 Å². The van der Waals surface area contributed by atoms with Gasteiger partial charge in [0.2, 0.25) is 0 Å². The highest BCUT2D eigenvalue weighted by atomic mass is 16.1. The van der Waals surface area contributed by atoms with Gasteiger partial charge >= 0.3 is 0 Å². The maximum Gasteiger partial charge on any atom is 0.253 e. The zero-order valence-corrected chi connectivity index (χ0v) is 14.3. The summed E-state index contributed by atoms with van der Waals surface area (Å²) < 4.78 is 1.88. The Morgan fingerprint density at radius 2 is 1.88 bits per heavy atom. The monoisotopic (exact) mass is 342 g/mol. The van der Waals surface area contributed by atoms with Crippen LogP contribution in [0.15, 0.2) is 79.4 Å². The molecule has 3 heterocycles. The van der Waals surface area contributed by atoms with Crippen molar-refractivity contribution in [3.63, 3.8) is 0 Å². The topological polar surface area (TPSA) is 59.3 Å². The minimum Gasteiger partial charge on any atom is -0.345 e. The third-order valence-electron chi connectivity index (χ3n) is 4.31. The minimum atomic E-state index is -0.127. The molecule has 0 aliphatic rings. The predicted octanol–water partition coefficient (Wildman–Crippen LogP) is 3.89. The summed E-state index contributed by atoms with van der Waals surface area (Å²) in [6.07, 6.45) is 7.22. The number of hydrogen-bond acceptors (Lipinski definition) is 3. The Hall–Kier alpha value is -3.47. The SMILES string of the molecule is CC(NC(=O)c1ccc2nc(-c3ccccc3)cn2c1)c1cccnc1. The average molecular weight is 342 g/mol. The molecule has 1 atom stereocenters. The summed E-state index contributed by atoms with van der Waals surface area (Å²) in [5.41, 5.74) is 4.29. The number of carbonyl (C=O) groups excluding carboxylic acids is 1. The average Bonchev–Trinajstić information content (AvgIpc) is 3.12. The van der Waals surface area contributed by atoms with E-state index in [1.165, 1.54) is 0 Å². The molecule has 0 bridgehead atoms. The van der Waals surface area contributed by atoms with E-state index < -0.39 is 0 Å². The fourth-order valence-corrected chi connectivity index (χ4v) is 2.87. The number of amides is 1. The summed E-state index contributed by atoms with van der Waals surface area (Å²) >= 11 is 0. The summed E-state index contributed by atoms with van der Waals surface area (Å²) in [4.78, 5) is 21.3. The molecule has 0 spiro atoms. The summed E-state index contributed by atoms with van der Waals surface area (Å²) in [5, 5.41) is 3.00. The zero-order chi connectivity index (χ0) is 17.9. The molecule has 0 aliphatic heterocycles. The first-order valence-electron chi connectivity index (χ1n) is 8.46. The molecule has 1 aromatic carbocycles. The summed E-state index contributed by atoms with van der Waals surface area (Å²) in [7, 11) is 0. The number of pyridine rings is 2. The zero-order valence-electron chi connectivity index (χ0n) is 14.3. The third kappa shape index (κ3) is 3.19. The fraction of sp³-hybridized carbons (Fsp3) is 0.0952. The lowest BCUT2D eigenvalue weighted by Crippen LogP contribution is -2.26. The molecule has 4 rings (SSSR count). The van der Waals surface area contributed by atoms with Crippen LogP contribution in [-0.4, -0.2) is 20.3 Å². The lowest BCUT2D eigenvalue weighted by atomic mass is 10.1. The fourth-order valence-electron chi connectivity index (χ4n) is 2.87. The lowest BCUT2D eigenvalue weighted by molar-refractivity contribution is 0.0939. The van der Waals surface area contributed by atoms with Crippen LogP contribution in [0.5, 0.6) is 0 Å². The van der Waals surface area contributed by atoms with Crippen LogP contribution >= 0.6 is 0 Å². The van der Waals surface area contributed by atoms with Gasteiger partial charge in [0.25, 0.3) is 5.91 Å². The highest BCUT2D eigenvalue weighted by Crippen LogP contribution is 2.19. The number of aromatic nitrogens is 3. The van der Waals surface area contributed by atoms with Gasteiger partial charge in [-0.3, -0.25) is 9.78 Å². The largest absolute Gasteiger partial charge is 0.345 e. The molecular formula is C21H18N4O. The molecule has 0 saturated heterocycles. The molecule has 128 valence electrons. The van der Waals surface area contributed by atoms with Gasteiger partial charge in [-0.25, -0.2) is 4.98 Å². The minimum absolute atomic E-state index is 0.116. The van der Waals surface area contributed by atoms with Gasteiger partial charge in [0.05, 0.1) is 17.3 Å². The van der Waals surface area contributed by atoms with Crippen LogP contribution in [0.25, 0.3) is 16.9 Å². The van der Waals surface area contributed by atoms with Crippen LogP contribution in [0.4, 0.5) is 0 Å². The van der Waals surface area contributed by atoms with E-state index in [1.807, 2.05) is 66.1 Å². The molecule has 26 heavy (non-hydrogen) atoms. The second kappa shape index (κ2) is 6.80. The van der Waals surface area contributed by atoms with Crippen molar-refractivity contribution < 1.29 is 4.79 Å². The summed E-state index contributed by atoms with van der Waals surface area (Å²) in [6, 6.07) is 17.3. The maximum absolute atomic E-state index is 12.6. The molecule has 0 aliphatic carbocycles. The Balaban J connectivity index is 1.58. The Morgan fingerprint density at radius 1 is 1.04 bits per heavy atom. The van der Waals surface area contributed by atoms with Crippen molar-refractivity contribution in [2.45, 2.75) is 13.0 Å². The molecule has 3 aromatic heterocycles. The Morgan fingerprint density at radius 3 is 2.65 bits per heavy atom. The summed E-state index contributed by atoms with van der Waals surface area (Å²) in [6.45, 7) is 1.94. The Labute approximate surface area is 151 Å². The van der Waals surface area contributed by atoms with Crippen molar-refractivity contribution in [3.8, 4) is 11.3 Å². The maximum atomic E-state index is 12.6. The first-order valence-corrected chi connectivity index (χ1v) is 8.46. The number of imidazole rings is 1. The van der Waals surface area contributed by atoms with Gasteiger partial charge in [0.15, 0.2) is 0 Å². The van der Waals surface area contributed by atoms with Gasteiger partial charge in [0.1, 0.15) is 5.65 Å². The van der Waals surface area contributed by atoms with E-state index in [1.54, 1.807) is 24.7 Å². The first kappa shape index (κ1) is 16.0. The molecular weight excluding hydrogens is 324 g/mol. The van der Waals surface area contributed by atoms with E-state index in [9.17, 15) is 4.79 Å². The number of nitrogens with one attached hydrogen (secondary N) is 1. The number of nitrogens with zero attached hydrogens (tertiary/aromatic N) is 3. The third-order valence-corrected chi connectivity index (χ3v) is 4.31. The standard InChI is InChI=1S/C21H18N4O/c1-15(17-8-5-11-22-12-17)23-21(26)18-9-10-20-24-19(14-25(20)13-18)16-6-3-2-4-7-16/h2-15H,1H3,(H,23,26). The second-order valence-corrected chi connectivity index (χ2v) is 6.16. The van der Waals surface area contributed by atoms with E-state index >= 15 is 0 Å². The van der Waals surface area contributed by atoms with Crippen molar-refractivity contribution in [2.24, 2.45) is 0 Å². The van der Waals surface area contributed by atoms with E-state index in [4.69, 9.17) is 0 Å². The number of rotatable bonds is 4. The van der Waals surface area contributed by atoms with Gasteiger partial charge < -0.3 is 9.72 Å². The van der Waals surface area contributed by atoms with Crippen LogP contribution in [-0.2, 0) is 0 Å². The van der Waals surface area contributed by atoms with E-state index in [2.05, 4.69) is 15.3 Å². The van der Waals surface area contributed by atoms with Gasteiger partial charge in [-0.15, -0.1) is 0 Å². The molecule has 5 heteroatoms.